The van der Waals surface area contributed by atoms with Crippen LogP contribution in [-0.2, 0) is 19.1 Å². The highest BCUT2D eigenvalue weighted by Crippen LogP contribution is 2.35. The standard InChI is InChI=1S/C11H16F3N3/c1-7(2)17-9-6-16(3)5-4-8(9)10(15-17)11(12,13)14/h7H,4-6H2,1-3H3. The van der Waals surface area contributed by atoms with Crippen LogP contribution < -0.4 is 0 Å². The number of likely N-dealkylation sites (N-methyl/N-ethyl adjacent to an activating group) is 1. The highest BCUT2D eigenvalue weighted by molar-refractivity contribution is 5.31. The highest BCUT2D eigenvalue weighted by atomic mass is 19.4. The topological polar surface area (TPSA) is 21.1 Å². The predicted octanol–water partition coefficient (Wildman–Crippen LogP) is 2.47. The molecular weight excluding hydrogens is 231 g/mol. The molecule has 0 saturated carbocycles. The van der Waals surface area contributed by atoms with Crippen molar-refractivity contribution in [2.75, 3.05) is 13.6 Å². The van der Waals surface area contributed by atoms with Gasteiger partial charge in [-0.2, -0.15) is 18.3 Å². The molecule has 0 spiro atoms. The van der Waals surface area contributed by atoms with E-state index in [-0.39, 0.29) is 6.04 Å². The molecule has 0 bridgehead atoms. The number of fused-ring (bicyclic) bond motifs is 1. The van der Waals surface area contributed by atoms with Gasteiger partial charge in [0.25, 0.3) is 0 Å². The lowest BCUT2D eigenvalue weighted by Gasteiger charge is -2.24. The normalized spacial score (nSPS) is 17.6. The molecule has 0 radical (unpaired) electrons. The van der Waals surface area contributed by atoms with Gasteiger partial charge >= 0.3 is 6.18 Å². The van der Waals surface area contributed by atoms with Crippen molar-refractivity contribution in [3.63, 3.8) is 0 Å². The molecule has 2 heterocycles. The summed E-state index contributed by atoms with van der Waals surface area (Å²) in [5.74, 6) is 0. The Labute approximate surface area is 98.2 Å². The Bertz CT molecular complexity index is 420. The highest BCUT2D eigenvalue weighted by Gasteiger charge is 2.40. The van der Waals surface area contributed by atoms with E-state index in [1.807, 2.05) is 25.8 Å². The Kier molecular flexibility index (Phi) is 2.93. The zero-order chi connectivity index (χ0) is 12.8. The van der Waals surface area contributed by atoms with Crippen LogP contribution in [0.5, 0.6) is 0 Å². The van der Waals surface area contributed by atoms with Gasteiger partial charge in [0, 0.05) is 24.7 Å². The fraction of sp³-hybridized carbons (Fsp3) is 0.727. The maximum absolute atomic E-state index is 12.9. The zero-order valence-electron chi connectivity index (χ0n) is 10.2. The van der Waals surface area contributed by atoms with Crippen LogP contribution in [0.2, 0.25) is 0 Å². The van der Waals surface area contributed by atoms with Crippen LogP contribution in [0.4, 0.5) is 13.2 Å². The fourth-order valence-electron chi connectivity index (χ4n) is 2.23. The first-order chi connectivity index (χ1) is 7.80. The minimum absolute atomic E-state index is 0.0497. The molecule has 1 aromatic rings. The maximum atomic E-state index is 12.9. The van der Waals surface area contributed by atoms with E-state index in [1.54, 1.807) is 0 Å². The molecule has 0 atom stereocenters. The summed E-state index contributed by atoms with van der Waals surface area (Å²) in [5.41, 5.74) is 0.389. The fourth-order valence-corrected chi connectivity index (χ4v) is 2.23. The Balaban J connectivity index is 2.54. The van der Waals surface area contributed by atoms with Gasteiger partial charge in [0.15, 0.2) is 5.69 Å². The van der Waals surface area contributed by atoms with Crippen LogP contribution in [0.3, 0.4) is 0 Å². The molecule has 0 N–H and O–H groups in total. The molecule has 17 heavy (non-hydrogen) atoms. The van der Waals surface area contributed by atoms with Gasteiger partial charge in [0.2, 0.25) is 0 Å². The molecular formula is C11H16F3N3. The molecule has 0 unspecified atom stereocenters. The average molecular weight is 247 g/mol. The Morgan fingerprint density at radius 1 is 1.29 bits per heavy atom. The predicted molar refractivity (Wildman–Crippen MR) is 57.7 cm³/mol. The van der Waals surface area contributed by atoms with Crippen molar-refractivity contribution in [2.24, 2.45) is 0 Å². The first-order valence-electron chi connectivity index (χ1n) is 5.66. The molecule has 0 aromatic carbocycles. The van der Waals surface area contributed by atoms with Crippen LogP contribution in [0.1, 0.15) is 36.8 Å². The van der Waals surface area contributed by atoms with Gasteiger partial charge in [-0.05, 0) is 27.3 Å². The van der Waals surface area contributed by atoms with E-state index in [1.165, 1.54) is 4.68 Å². The Morgan fingerprint density at radius 3 is 2.47 bits per heavy atom. The number of hydrogen-bond acceptors (Lipinski definition) is 2. The van der Waals surface area contributed by atoms with Crippen LogP contribution in [-0.4, -0.2) is 28.3 Å². The van der Waals surface area contributed by atoms with Crippen molar-refractivity contribution < 1.29 is 13.2 Å². The largest absolute Gasteiger partial charge is 0.435 e. The SMILES string of the molecule is CC(C)n1nc(C(F)(F)F)c2c1CN(C)CC2. The Hall–Kier alpha value is -1.04. The van der Waals surface area contributed by atoms with E-state index < -0.39 is 11.9 Å². The number of aromatic nitrogens is 2. The first kappa shape index (κ1) is 12.4. The molecule has 0 aliphatic carbocycles. The minimum Gasteiger partial charge on any atom is -0.300 e. The Morgan fingerprint density at radius 2 is 1.94 bits per heavy atom. The second kappa shape index (κ2) is 4.01. The molecule has 0 fully saturated rings. The summed E-state index contributed by atoms with van der Waals surface area (Å²) < 4.78 is 40.1. The van der Waals surface area contributed by atoms with Gasteiger partial charge in [0.05, 0.1) is 5.69 Å². The third-order valence-corrected chi connectivity index (χ3v) is 3.04. The van der Waals surface area contributed by atoms with Crippen molar-refractivity contribution in [1.82, 2.24) is 14.7 Å². The van der Waals surface area contributed by atoms with Crippen LogP contribution in [0.25, 0.3) is 0 Å². The second-order valence-corrected chi connectivity index (χ2v) is 4.80. The maximum Gasteiger partial charge on any atom is 0.435 e. The molecule has 0 amide bonds. The summed E-state index contributed by atoms with van der Waals surface area (Å²) in [6, 6.07) is -0.0497. The summed E-state index contributed by atoms with van der Waals surface area (Å²) >= 11 is 0. The van der Waals surface area contributed by atoms with Crippen molar-refractivity contribution in [2.45, 2.75) is 39.0 Å². The second-order valence-electron chi connectivity index (χ2n) is 4.80. The molecule has 1 aliphatic heterocycles. The third kappa shape index (κ3) is 2.18. The van der Waals surface area contributed by atoms with E-state index in [4.69, 9.17) is 0 Å². The first-order valence-corrected chi connectivity index (χ1v) is 5.66. The van der Waals surface area contributed by atoms with Gasteiger partial charge in [-0.15, -0.1) is 0 Å². The number of nitrogens with zero attached hydrogens (tertiary/aromatic N) is 3. The van der Waals surface area contributed by atoms with Gasteiger partial charge < -0.3 is 4.90 Å². The molecule has 2 rings (SSSR count). The summed E-state index contributed by atoms with van der Waals surface area (Å²) in [5, 5.41) is 3.76. The van der Waals surface area contributed by atoms with Crippen LogP contribution >= 0.6 is 0 Å². The van der Waals surface area contributed by atoms with Crippen molar-refractivity contribution >= 4 is 0 Å². The van der Waals surface area contributed by atoms with Crippen LogP contribution in [0.15, 0.2) is 0 Å². The van der Waals surface area contributed by atoms with E-state index in [0.29, 0.717) is 30.8 Å². The van der Waals surface area contributed by atoms with Gasteiger partial charge in [-0.3, -0.25) is 4.68 Å². The van der Waals surface area contributed by atoms with E-state index >= 15 is 0 Å². The van der Waals surface area contributed by atoms with Crippen molar-refractivity contribution in [3.05, 3.63) is 17.0 Å². The van der Waals surface area contributed by atoms with E-state index in [9.17, 15) is 13.2 Å². The molecule has 1 aromatic heterocycles. The lowest BCUT2D eigenvalue weighted by atomic mass is 10.0. The van der Waals surface area contributed by atoms with E-state index in [2.05, 4.69) is 5.10 Å². The number of rotatable bonds is 1. The number of alkyl halides is 3. The quantitative estimate of drug-likeness (QED) is 0.760. The lowest BCUT2D eigenvalue weighted by molar-refractivity contribution is -0.142. The number of halogens is 3. The molecule has 1 aliphatic rings. The summed E-state index contributed by atoms with van der Waals surface area (Å²) in [6.45, 7) is 4.89. The van der Waals surface area contributed by atoms with Gasteiger partial charge in [-0.1, -0.05) is 0 Å². The molecule has 3 nitrogen and oxygen atoms in total. The van der Waals surface area contributed by atoms with Crippen LogP contribution in [0, 0.1) is 0 Å². The monoisotopic (exact) mass is 247 g/mol. The van der Waals surface area contributed by atoms with Gasteiger partial charge in [0.1, 0.15) is 0 Å². The van der Waals surface area contributed by atoms with E-state index in [0.717, 1.165) is 0 Å². The molecule has 6 heteroatoms. The summed E-state index contributed by atoms with van der Waals surface area (Å²) in [7, 11) is 1.91. The molecule has 0 saturated heterocycles. The van der Waals surface area contributed by atoms with Gasteiger partial charge in [-0.25, -0.2) is 0 Å². The third-order valence-electron chi connectivity index (χ3n) is 3.04. The minimum atomic E-state index is -4.35. The van der Waals surface area contributed by atoms with Crippen molar-refractivity contribution in [1.29, 1.82) is 0 Å². The summed E-state index contributed by atoms with van der Waals surface area (Å²) in [6.07, 6.45) is -3.92. The lowest BCUT2D eigenvalue weighted by Crippen LogP contribution is -2.28. The number of hydrogen-bond donors (Lipinski definition) is 0. The molecule has 96 valence electrons. The smallest absolute Gasteiger partial charge is 0.300 e. The summed E-state index contributed by atoms with van der Waals surface area (Å²) in [4.78, 5) is 2.02. The van der Waals surface area contributed by atoms with Crippen molar-refractivity contribution in [3.8, 4) is 0 Å². The zero-order valence-corrected chi connectivity index (χ0v) is 10.2. The average Bonchev–Trinajstić information content (AvgIpc) is 2.55.